The second-order valence-electron chi connectivity index (χ2n) is 10.2. The lowest BCUT2D eigenvalue weighted by atomic mass is 9.83. The molecule has 2 aromatic rings. The fourth-order valence-electron chi connectivity index (χ4n) is 5.96. The molecule has 1 saturated carbocycles. The number of hydrogen-bond acceptors (Lipinski definition) is 5. The van der Waals surface area contributed by atoms with E-state index in [1.165, 1.54) is 12.0 Å². The van der Waals surface area contributed by atoms with Gasteiger partial charge in [0.25, 0.3) is 0 Å². The molecule has 4 rings (SSSR count). The molecule has 2 aliphatic rings. The average Bonchev–Trinajstić information content (AvgIpc) is 2.90. The summed E-state index contributed by atoms with van der Waals surface area (Å²) in [6, 6.07) is 10.3. The van der Waals surface area contributed by atoms with Crippen molar-refractivity contribution in [3.8, 4) is 0 Å². The molecule has 7 nitrogen and oxygen atoms in total. The lowest BCUT2D eigenvalue weighted by molar-refractivity contribution is -0.138. The van der Waals surface area contributed by atoms with Crippen molar-refractivity contribution in [1.29, 1.82) is 0 Å². The zero-order valence-corrected chi connectivity index (χ0v) is 21.8. The lowest BCUT2D eigenvalue weighted by Gasteiger charge is -2.34. The monoisotopic (exact) mass is 492 g/mol. The second kappa shape index (κ2) is 11.3. The number of nitrogen functional groups attached to an aromatic ring is 1. The van der Waals surface area contributed by atoms with Crippen molar-refractivity contribution in [3.05, 3.63) is 58.1 Å². The van der Waals surface area contributed by atoms with Gasteiger partial charge in [0.05, 0.1) is 17.8 Å². The zero-order valence-electron chi connectivity index (χ0n) is 21.8. The molecular weight excluding hydrogens is 452 g/mol. The first-order valence-electron chi connectivity index (χ1n) is 13.3. The van der Waals surface area contributed by atoms with Crippen LogP contribution in [0.15, 0.2) is 30.3 Å². The van der Waals surface area contributed by atoms with E-state index in [0.29, 0.717) is 12.2 Å². The number of carbonyl (C=O) groups is 2. The zero-order chi connectivity index (χ0) is 25.8. The van der Waals surface area contributed by atoms with E-state index in [1.807, 2.05) is 42.9 Å². The van der Waals surface area contributed by atoms with Crippen LogP contribution in [0.5, 0.6) is 0 Å². The van der Waals surface area contributed by atoms with Gasteiger partial charge in [-0.05, 0) is 67.0 Å². The van der Waals surface area contributed by atoms with Crippen molar-refractivity contribution in [2.75, 3.05) is 30.9 Å². The third-order valence-corrected chi connectivity index (χ3v) is 8.08. The highest BCUT2D eigenvalue weighted by atomic mass is 16.4. The Hall–Kier alpha value is -3.06. The minimum atomic E-state index is -0.848. The number of carboxylic acids is 1. The van der Waals surface area contributed by atoms with Gasteiger partial charge in [0, 0.05) is 38.5 Å². The summed E-state index contributed by atoms with van der Waals surface area (Å²) in [5.74, 6) is -0.720. The first-order chi connectivity index (χ1) is 17.3. The summed E-state index contributed by atoms with van der Waals surface area (Å²) in [5.41, 5.74) is 16.4. The Morgan fingerprint density at radius 1 is 1.17 bits per heavy atom. The van der Waals surface area contributed by atoms with E-state index in [-0.39, 0.29) is 24.2 Å². The van der Waals surface area contributed by atoms with E-state index < -0.39 is 5.97 Å². The van der Waals surface area contributed by atoms with Crippen LogP contribution in [0.1, 0.15) is 79.2 Å². The largest absolute Gasteiger partial charge is 0.481 e. The molecule has 36 heavy (non-hydrogen) atoms. The number of hydrogen-bond donors (Lipinski definition) is 3. The molecule has 1 atom stereocenters. The van der Waals surface area contributed by atoms with Crippen molar-refractivity contribution < 1.29 is 14.7 Å². The van der Waals surface area contributed by atoms with Gasteiger partial charge in [0.1, 0.15) is 0 Å². The Morgan fingerprint density at radius 2 is 1.92 bits per heavy atom. The molecule has 1 unspecified atom stereocenters. The van der Waals surface area contributed by atoms with Crippen LogP contribution >= 0.6 is 0 Å². The number of nitrogens with one attached hydrogen (secondary N) is 1. The molecule has 2 aromatic carbocycles. The number of benzene rings is 2. The smallest absolute Gasteiger partial charge is 0.304 e. The highest BCUT2D eigenvalue weighted by Gasteiger charge is 2.29. The number of nitrogens with zero attached hydrogens (tertiary/aromatic N) is 2. The highest BCUT2D eigenvalue weighted by molar-refractivity contribution is 5.79. The summed E-state index contributed by atoms with van der Waals surface area (Å²) in [4.78, 5) is 27.1. The Bertz CT molecular complexity index is 1110. The van der Waals surface area contributed by atoms with Crippen LogP contribution in [0, 0.1) is 12.8 Å². The molecule has 0 bridgehead atoms. The summed E-state index contributed by atoms with van der Waals surface area (Å²) in [7, 11) is 1.86. The average molecular weight is 493 g/mol. The first-order valence-corrected chi connectivity index (χ1v) is 13.3. The van der Waals surface area contributed by atoms with E-state index in [2.05, 4.69) is 23.6 Å². The Morgan fingerprint density at radius 3 is 2.58 bits per heavy atom. The Kier molecular flexibility index (Phi) is 8.19. The first kappa shape index (κ1) is 26.0. The van der Waals surface area contributed by atoms with E-state index in [9.17, 15) is 14.7 Å². The summed E-state index contributed by atoms with van der Waals surface area (Å²) in [6.07, 6.45) is 6.35. The number of hydrazine groups is 1. The molecule has 1 aliphatic carbocycles. The van der Waals surface area contributed by atoms with Crippen LogP contribution in [0.4, 0.5) is 11.4 Å². The Balaban J connectivity index is 1.64. The maximum Gasteiger partial charge on any atom is 0.304 e. The third-order valence-electron chi connectivity index (χ3n) is 8.08. The summed E-state index contributed by atoms with van der Waals surface area (Å²) in [6.45, 7) is 6.12. The second-order valence-corrected chi connectivity index (χ2v) is 10.2. The maximum atomic E-state index is 13.2. The van der Waals surface area contributed by atoms with Gasteiger partial charge in [0.2, 0.25) is 5.91 Å². The summed E-state index contributed by atoms with van der Waals surface area (Å²) >= 11 is 0. The van der Waals surface area contributed by atoms with Gasteiger partial charge in [-0.25, -0.2) is 5.43 Å². The van der Waals surface area contributed by atoms with Crippen molar-refractivity contribution in [3.63, 3.8) is 0 Å². The number of carboxylic acid groups (broad SMARTS) is 1. The highest BCUT2D eigenvalue weighted by Crippen LogP contribution is 2.38. The molecule has 0 spiro atoms. The molecule has 1 amide bonds. The molecule has 1 heterocycles. The van der Waals surface area contributed by atoms with Crippen LogP contribution in [-0.2, 0) is 22.6 Å². The van der Waals surface area contributed by atoms with Crippen LogP contribution in [0.2, 0.25) is 0 Å². The molecule has 0 saturated heterocycles. The standard InChI is InChI=1S/C29H40N4O3/c1-4-33(31-3)26-13-12-24(19(2)28(26)30)25(17-27(34)35)22-11-10-20-14-15-32(18-23(20)16-22)29(36)21-8-6-5-7-9-21/h10-13,16,21,25,31H,4-9,14-15,17-18,30H2,1-3H3,(H,34,35). The van der Waals surface area contributed by atoms with Gasteiger partial charge in [-0.15, -0.1) is 0 Å². The van der Waals surface area contributed by atoms with E-state index >= 15 is 0 Å². The number of nitrogens with two attached hydrogens (primary N) is 1. The minimum absolute atomic E-state index is 0.0212. The SMILES string of the molecule is CCN(NC)c1ccc(C(CC(=O)O)c2ccc3c(c2)CN(C(=O)C2CCCCC2)CC3)c(C)c1N. The molecule has 194 valence electrons. The molecule has 1 aliphatic heterocycles. The van der Waals surface area contributed by atoms with Crippen molar-refractivity contribution in [2.24, 2.45) is 5.92 Å². The van der Waals surface area contributed by atoms with E-state index in [1.54, 1.807) is 0 Å². The molecular formula is C29H40N4O3. The topological polar surface area (TPSA) is 98.9 Å². The quantitative estimate of drug-likeness (QED) is 0.368. The number of fused-ring (bicyclic) bond motifs is 1. The van der Waals surface area contributed by atoms with Gasteiger partial charge in [-0.3, -0.25) is 9.59 Å². The van der Waals surface area contributed by atoms with E-state index in [0.717, 1.165) is 73.1 Å². The van der Waals surface area contributed by atoms with Crippen molar-refractivity contribution >= 4 is 23.3 Å². The number of anilines is 2. The van der Waals surface area contributed by atoms with Gasteiger partial charge in [-0.2, -0.15) is 0 Å². The van der Waals surface area contributed by atoms with Crippen molar-refractivity contribution in [1.82, 2.24) is 10.3 Å². The van der Waals surface area contributed by atoms with Crippen molar-refractivity contribution in [2.45, 2.75) is 71.3 Å². The number of aliphatic carboxylic acids is 1. The lowest BCUT2D eigenvalue weighted by Crippen LogP contribution is -2.40. The molecule has 1 fully saturated rings. The predicted octanol–water partition coefficient (Wildman–Crippen LogP) is 4.61. The molecule has 4 N–H and O–H groups in total. The van der Waals surface area contributed by atoms with Gasteiger partial charge >= 0.3 is 5.97 Å². The van der Waals surface area contributed by atoms with Crippen LogP contribution in [-0.4, -0.2) is 42.0 Å². The molecule has 0 aromatic heterocycles. The predicted molar refractivity (Wildman–Crippen MR) is 144 cm³/mol. The fraction of sp³-hybridized carbons (Fsp3) is 0.517. The van der Waals surface area contributed by atoms with Crippen LogP contribution in [0.25, 0.3) is 0 Å². The molecule has 0 radical (unpaired) electrons. The van der Waals surface area contributed by atoms with Gasteiger partial charge < -0.3 is 20.7 Å². The minimum Gasteiger partial charge on any atom is -0.481 e. The molecule has 7 heteroatoms. The summed E-state index contributed by atoms with van der Waals surface area (Å²) < 4.78 is 0. The fourth-order valence-corrected chi connectivity index (χ4v) is 5.96. The van der Waals surface area contributed by atoms with Crippen LogP contribution < -0.4 is 16.2 Å². The number of carbonyl (C=O) groups excluding carboxylic acids is 1. The normalized spacial score (nSPS) is 16.9. The third kappa shape index (κ3) is 5.36. The maximum absolute atomic E-state index is 13.2. The van der Waals surface area contributed by atoms with E-state index in [4.69, 9.17) is 5.73 Å². The Labute approximate surface area is 214 Å². The van der Waals surface area contributed by atoms with Crippen LogP contribution in [0.3, 0.4) is 0 Å². The number of rotatable bonds is 8. The number of amides is 1. The summed E-state index contributed by atoms with van der Waals surface area (Å²) in [5, 5.41) is 11.7. The van der Waals surface area contributed by atoms with Gasteiger partial charge in [-0.1, -0.05) is 43.5 Å². The van der Waals surface area contributed by atoms with Gasteiger partial charge in [0.15, 0.2) is 0 Å².